The Hall–Kier alpha value is -1.66. The van der Waals surface area contributed by atoms with Crippen LogP contribution in [0, 0.1) is 0 Å². The summed E-state index contributed by atoms with van der Waals surface area (Å²) in [5.74, 6) is 0.0334. The first-order valence-electron chi connectivity index (χ1n) is 5.14. The van der Waals surface area contributed by atoms with Crippen molar-refractivity contribution in [1.82, 2.24) is 4.98 Å². The van der Waals surface area contributed by atoms with Gasteiger partial charge in [0.25, 0.3) is 0 Å². The van der Waals surface area contributed by atoms with Crippen molar-refractivity contribution in [1.29, 1.82) is 0 Å². The second-order valence-electron chi connectivity index (χ2n) is 3.88. The second-order valence-corrected chi connectivity index (χ2v) is 3.88. The third-order valence-corrected chi connectivity index (χ3v) is 2.80. The molecule has 1 unspecified atom stereocenters. The fraction of sp³-hybridized carbons (Fsp3) is 0.500. The molecule has 0 aromatic carbocycles. The van der Waals surface area contributed by atoms with Crippen LogP contribution >= 0.6 is 0 Å². The molecule has 0 saturated heterocycles. The molecule has 17 heavy (non-hydrogen) atoms. The number of rotatable bonds is 1. The lowest BCUT2D eigenvalue weighted by Gasteiger charge is -2.13. The summed E-state index contributed by atoms with van der Waals surface area (Å²) < 4.78 is 42.3. The van der Waals surface area contributed by atoms with Crippen molar-refractivity contribution in [2.45, 2.75) is 32.0 Å². The molecule has 1 atom stereocenters. The number of halogens is 3. The number of nitrogen functional groups attached to an aromatic ring is 2. The van der Waals surface area contributed by atoms with E-state index in [0.29, 0.717) is 17.5 Å². The van der Waals surface area contributed by atoms with Gasteiger partial charge >= 0.3 is 6.18 Å². The summed E-state index contributed by atoms with van der Waals surface area (Å²) in [6.45, 7) is 1.81. The Morgan fingerprint density at radius 2 is 2.06 bits per heavy atom. The zero-order valence-corrected chi connectivity index (χ0v) is 9.14. The van der Waals surface area contributed by atoms with E-state index in [0.717, 1.165) is 0 Å². The predicted molar refractivity (Wildman–Crippen MR) is 56.6 cm³/mol. The maximum Gasteiger partial charge on any atom is 0.425 e. The Labute approximate surface area is 95.8 Å². The topological polar surface area (TPSA) is 74.2 Å². The maximum absolute atomic E-state index is 12.5. The number of hydrogen-bond donors (Lipinski definition) is 2. The van der Waals surface area contributed by atoms with Crippen molar-refractivity contribution in [3.63, 3.8) is 0 Å². The second kappa shape index (κ2) is 3.68. The average molecular weight is 247 g/mol. The number of ether oxygens (including phenoxy) is 1. The van der Waals surface area contributed by atoms with Gasteiger partial charge in [0.15, 0.2) is 6.10 Å². The highest BCUT2D eigenvalue weighted by Crippen LogP contribution is 2.40. The summed E-state index contributed by atoms with van der Waals surface area (Å²) in [7, 11) is 0. The normalized spacial score (nSPS) is 18.9. The monoisotopic (exact) mass is 247 g/mol. The predicted octanol–water partition coefficient (Wildman–Crippen LogP) is 1.67. The van der Waals surface area contributed by atoms with E-state index in [9.17, 15) is 13.2 Å². The van der Waals surface area contributed by atoms with E-state index in [-0.39, 0.29) is 23.8 Å². The third kappa shape index (κ3) is 1.85. The molecule has 7 heteroatoms. The van der Waals surface area contributed by atoms with Crippen LogP contribution < -0.4 is 16.2 Å². The van der Waals surface area contributed by atoms with Crippen LogP contribution in [-0.4, -0.2) is 17.3 Å². The zero-order chi connectivity index (χ0) is 12.8. The molecule has 1 aliphatic rings. The summed E-state index contributed by atoms with van der Waals surface area (Å²) in [5, 5.41) is 0. The third-order valence-electron chi connectivity index (χ3n) is 2.80. The Morgan fingerprint density at radius 1 is 1.41 bits per heavy atom. The standard InChI is InChI=1S/C10H12F3N3O/c1-2-4-7(14)5-3-6(10(11,12)13)17-9(5)16-8(4)15/h6H,2-3H2,1H3,(H4,14,15,16). The van der Waals surface area contributed by atoms with Crippen LogP contribution in [0.4, 0.5) is 24.7 Å². The van der Waals surface area contributed by atoms with Gasteiger partial charge in [-0.05, 0) is 6.42 Å². The lowest BCUT2D eigenvalue weighted by Crippen LogP contribution is -2.32. The molecule has 0 bridgehead atoms. The van der Waals surface area contributed by atoms with Crippen molar-refractivity contribution in [2.75, 3.05) is 11.5 Å². The molecule has 1 aromatic heterocycles. The molecule has 0 fully saturated rings. The van der Waals surface area contributed by atoms with Crippen LogP contribution in [-0.2, 0) is 12.8 Å². The van der Waals surface area contributed by atoms with E-state index in [1.165, 1.54) is 0 Å². The van der Waals surface area contributed by atoms with E-state index < -0.39 is 12.3 Å². The van der Waals surface area contributed by atoms with E-state index >= 15 is 0 Å². The van der Waals surface area contributed by atoms with Gasteiger partial charge in [-0.3, -0.25) is 0 Å². The highest BCUT2D eigenvalue weighted by atomic mass is 19.4. The molecular weight excluding hydrogens is 235 g/mol. The van der Waals surface area contributed by atoms with Crippen molar-refractivity contribution in [3.05, 3.63) is 11.1 Å². The number of fused-ring (bicyclic) bond motifs is 1. The smallest absolute Gasteiger partial charge is 0.425 e. The van der Waals surface area contributed by atoms with Crippen LogP contribution in [0.2, 0.25) is 0 Å². The zero-order valence-electron chi connectivity index (χ0n) is 9.14. The first-order valence-corrected chi connectivity index (χ1v) is 5.14. The van der Waals surface area contributed by atoms with Gasteiger partial charge in [-0.25, -0.2) is 0 Å². The van der Waals surface area contributed by atoms with Crippen molar-refractivity contribution < 1.29 is 17.9 Å². The molecule has 4 N–H and O–H groups in total. The first kappa shape index (κ1) is 11.8. The van der Waals surface area contributed by atoms with Crippen LogP contribution in [0.5, 0.6) is 5.88 Å². The van der Waals surface area contributed by atoms with Gasteiger partial charge in [-0.2, -0.15) is 18.2 Å². The highest BCUT2D eigenvalue weighted by molar-refractivity contribution is 5.66. The number of hydrogen-bond acceptors (Lipinski definition) is 4. The molecule has 2 heterocycles. The molecule has 4 nitrogen and oxygen atoms in total. The quantitative estimate of drug-likeness (QED) is 0.791. The van der Waals surface area contributed by atoms with Gasteiger partial charge in [0.2, 0.25) is 5.88 Å². The molecule has 0 radical (unpaired) electrons. The summed E-state index contributed by atoms with van der Waals surface area (Å²) >= 11 is 0. The number of pyridine rings is 1. The number of alkyl halides is 3. The minimum Gasteiger partial charge on any atom is -0.464 e. The maximum atomic E-state index is 12.5. The lowest BCUT2D eigenvalue weighted by atomic mass is 10.0. The summed E-state index contributed by atoms with van der Waals surface area (Å²) in [6, 6.07) is 0. The Balaban J connectivity index is 2.43. The van der Waals surface area contributed by atoms with Gasteiger partial charge in [-0.15, -0.1) is 0 Å². The molecule has 1 aliphatic heterocycles. The van der Waals surface area contributed by atoms with Gasteiger partial charge in [0.1, 0.15) is 5.82 Å². The van der Waals surface area contributed by atoms with Crippen molar-refractivity contribution in [3.8, 4) is 5.88 Å². The first-order chi connectivity index (χ1) is 7.84. The summed E-state index contributed by atoms with van der Waals surface area (Å²) in [4.78, 5) is 3.82. The van der Waals surface area contributed by atoms with Crippen LogP contribution in [0.1, 0.15) is 18.1 Å². The van der Waals surface area contributed by atoms with Gasteiger partial charge in [0.05, 0.1) is 0 Å². The van der Waals surface area contributed by atoms with E-state index in [1.54, 1.807) is 0 Å². The summed E-state index contributed by atoms with van der Waals surface area (Å²) in [6.07, 6.45) is -6.08. The largest absolute Gasteiger partial charge is 0.464 e. The van der Waals surface area contributed by atoms with Gasteiger partial charge < -0.3 is 16.2 Å². The molecule has 94 valence electrons. The van der Waals surface area contributed by atoms with Crippen molar-refractivity contribution >= 4 is 11.5 Å². The van der Waals surface area contributed by atoms with E-state index in [2.05, 4.69) is 4.98 Å². The van der Waals surface area contributed by atoms with Crippen molar-refractivity contribution in [2.24, 2.45) is 0 Å². The fourth-order valence-corrected chi connectivity index (χ4v) is 1.89. The number of nitrogens with two attached hydrogens (primary N) is 2. The van der Waals surface area contributed by atoms with Crippen LogP contribution in [0.3, 0.4) is 0 Å². The minimum atomic E-state index is -4.42. The molecular formula is C10H12F3N3O. The Kier molecular flexibility index (Phi) is 2.56. The molecule has 0 spiro atoms. The Bertz CT molecular complexity index is 459. The Morgan fingerprint density at radius 3 is 2.59 bits per heavy atom. The van der Waals surface area contributed by atoms with E-state index in [4.69, 9.17) is 16.2 Å². The van der Waals surface area contributed by atoms with Crippen LogP contribution in [0.25, 0.3) is 0 Å². The summed E-state index contributed by atoms with van der Waals surface area (Å²) in [5.41, 5.74) is 12.5. The molecule has 1 aromatic rings. The molecule has 0 aliphatic carbocycles. The minimum absolute atomic E-state index is 0.0977. The van der Waals surface area contributed by atoms with Gasteiger partial charge in [-0.1, -0.05) is 6.92 Å². The highest BCUT2D eigenvalue weighted by Gasteiger charge is 2.46. The average Bonchev–Trinajstić information content (AvgIpc) is 2.61. The lowest BCUT2D eigenvalue weighted by molar-refractivity contribution is -0.189. The van der Waals surface area contributed by atoms with Crippen LogP contribution in [0.15, 0.2) is 0 Å². The van der Waals surface area contributed by atoms with Gasteiger partial charge in [0, 0.05) is 23.2 Å². The molecule has 2 rings (SSSR count). The molecule has 0 saturated carbocycles. The molecule has 0 amide bonds. The number of aromatic nitrogens is 1. The number of anilines is 2. The number of nitrogens with zero attached hydrogens (tertiary/aromatic N) is 1. The fourth-order valence-electron chi connectivity index (χ4n) is 1.89. The van der Waals surface area contributed by atoms with E-state index in [1.807, 2.05) is 6.92 Å². The SMILES string of the molecule is CCc1c(N)nc2c(c1N)CC(C(F)(F)F)O2.